The monoisotopic (exact) mass is 414 g/mol. The van der Waals surface area contributed by atoms with E-state index in [0.29, 0.717) is 0 Å². The van der Waals surface area contributed by atoms with Crippen LogP contribution in [0.5, 0.6) is 0 Å². The lowest BCUT2D eigenvalue weighted by atomic mass is 10.0. The van der Waals surface area contributed by atoms with Gasteiger partial charge in [-0.25, -0.2) is 9.18 Å². The van der Waals surface area contributed by atoms with Crippen LogP contribution in [-0.4, -0.2) is 15.7 Å². The molecule has 1 heterocycles. The second-order valence-electron chi connectivity index (χ2n) is 4.68. The smallest absolute Gasteiger partial charge is 0.408 e. The molecule has 24 heavy (non-hydrogen) atoms. The van der Waals surface area contributed by atoms with Gasteiger partial charge in [-0.3, -0.25) is 19.9 Å². The molecule has 2 aromatic carbocycles. The zero-order valence-electron chi connectivity index (χ0n) is 11.4. The van der Waals surface area contributed by atoms with Gasteiger partial charge in [0, 0.05) is 5.56 Å². The number of carbonyl (C=O) groups is 1. The number of aromatic amines is 1. The highest BCUT2D eigenvalue weighted by Gasteiger charge is 2.29. The first-order valence-corrected chi connectivity index (χ1v) is 7.46. The Labute approximate surface area is 145 Å². The van der Waals surface area contributed by atoms with Crippen LogP contribution in [0.3, 0.4) is 0 Å². The van der Waals surface area contributed by atoms with Crippen LogP contribution in [0.2, 0.25) is 5.02 Å². The summed E-state index contributed by atoms with van der Waals surface area (Å²) in [5.74, 6) is -2.44. The molecular weight excluding hydrogens is 411 g/mol. The van der Waals surface area contributed by atoms with E-state index in [0.717, 1.165) is 18.2 Å². The number of hydrogen-bond acceptors (Lipinski definition) is 5. The third-order valence-corrected chi connectivity index (χ3v) is 4.36. The minimum Gasteiger partial charge on any atom is -0.408 e. The van der Waals surface area contributed by atoms with Crippen LogP contribution >= 0.6 is 27.5 Å². The van der Waals surface area contributed by atoms with Crippen molar-refractivity contribution in [1.29, 1.82) is 0 Å². The van der Waals surface area contributed by atoms with Gasteiger partial charge in [0.15, 0.2) is 5.58 Å². The molecule has 0 spiro atoms. The maximum Gasteiger partial charge on any atom is 0.417 e. The number of nitro benzene ring substituents is 1. The van der Waals surface area contributed by atoms with Gasteiger partial charge < -0.3 is 4.42 Å². The standard InChI is InChI=1S/C14H5BrClFN2O5/c15-11-10(13(20)6-3-5(17)1-2-7(6)16)8(19(22)23)4-9-12(11)18-14(21)24-9/h1-4H,(H,18,21). The van der Waals surface area contributed by atoms with Crippen LogP contribution in [0, 0.1) is 15.9 Å². The van der Waals surface area contributed by atoms with E-state index in [1.54, 1.807) is 0 Å². The van der Waals surface area contributed by atoms with Gasteiger partial charge in [0.2, 0.25) is 5.78 Å². The van der Waals surface area contributed by atoms with Gasteiger partial charge in [0.05, 0.1) is 20.5 Å². The first kappa shape index (κ1) is 16.3. The van der Waals surface area contributed by atoms with Crippen molar-refractivity contribution >= 4 is 50.1 Å². The number of rotatable bonds is 3. The summed E-state index contributed by atoms with van der Waals surface area (Å²) in [5.41, 5.74) is -1.26. The molecule has 0 saturated carbocycles. The number of benzene rings is 2. The number of aromatic nitrogens is 1. The summed E-state index contributed by atoms with van der Waals surface area (Å²) in [4.78, 5) is 36.8. The summed E-state index contributed by atoms with van der Waals surface area (Å²) >= 11 is 8.96. The first-order chi connectivity index (χ1) is 11.3. The predicted molar refractivity (Wildman–Crippen MR) is 86.0 cm³/mol. The molecule has 3 aromatic rings. The van der Waals surface area contributed by atoms with E-state index >= 15 is 0 Å². The maximum absolute atomic E-state index is 13.4. The number of nitrogens with zero attached hydrogens (tertiary/aromatic N) is 1. The molecule has 0 fully saturated rings. The Morgan fingerprint density at radius 3 is 2.75 bits per heavy atom. The molecule has 0 aliphatic heterocycles. The number of nitro groups is 1. The largest absolute Gasteiger partial charge is 0.417 e. The molecule has 3 rings (SSSR count). The molecule has 0 amide bonds. The van der Waals surface area contributed by atoms with Gasteiger partial charge in [-0.1, -0.05) is 11.6 Å². The van der Waals surface area contributed by atoms with Crippen molar-refractivity contribution in [1.82, 2.24) is 4.98 Å². The summed E-state index contributed by atoms with van der Waals surface area (Å²) in [6.45, 7) is 0. The average Bonchev–Trinajstić information content (AvgIpc) is 2.89. The van der Waals surface area contributed by atoms with Crippen LogP contribution in [0.25, 0.3) is 11.1 Å². The lowest BCUT2D eigenvalue weighted by Crippen LogP contribution is -2.08. The minimum absolute atomic E-state index is 0.0529. The Morgan fingerprint density at radius 2 is 2.08 bits per heavy atom. The molecule has 122 valence electrons. The van der Waals surface area contributed by atoms with Gasteiger partial charge in [-0.05, 0) is 34.1 Å². The Kier molecular flexibility index (Phi) is 3.98. The summed E-state index contributed by atoms with van der Waals surface area (Å²) in [7, 11) is 0. The van der Waals surface area contributed by atoms with E-state index in [1.165, 1.54) is 6.07 Å². The highest BCUT2D eigenvalue weighted by Crippen LogP contribution is 2.36. The normalized spacial score (nSPS) is 11.0. The van der Waals surface area contributed by atoms with Gasteiger partial charge in [-0.2, -0.15) is 0 Å². The van der Waals surface area contributed by atoms with E-state index in [-0.39, 0.29) is 31.7 Å². The van der Waals surface area contributed by atoms with E-state index in [4.69, 9.17) is 16.0 Å². The molecule has 0 radical (unpaired) electrons. The summed E-state index contributed by atoms with van der Waals surface area (Å²) in [6.07, 6.45) is 0. The van der Waals surface area contributed by atoms with E-state index < -0.39 is 28.0 Å². The predicted octanol–water partition coefficient (Wildman–Crippen LogP) is 3.82. The molecule has 0 aliphatic carbocycles. The fourth-order valence-corrected chi connectivity index (χ4v) is 3.09. The zero-order valence-corrected chi connectivity index (χ0v) is 13.8. The van der Waals surface area contributed by atoms with Crippen molar-refractivity contribution in [3.05, 3.63) is 71.4 Å². The molecule has 0 unspecified atom stereocenters. The lowest BCUT2D eigenvalue weighted by molar-refractivity contribution is -0.385. The van der Waals surface area contributed by atoms with Crippen LogP contribution in [0.15, 0.2) is 37.9 Å². The lowest BCUT2D eigenvalue weighted by Gasteiger charge is -2.07. The Morgan fingerprint density at radius 1 is 1.38 bits per heavy atom. The number of carbonyl (C=O) groups excluding carboxylic acids is 1. The Balaban J connectivity index is 2.35. The van der Waals surface area contributed by atoms with E-state index in [1.807, 2.05) is 0 Å². The molecular formula is C14H5BrClFN2O5. The topological polar surface area (TPSA) is 106 Å². The van der Waals surface area contributed by atoms with Crippen LogP contribution in [0.1, 0.15) is 15.9 Å². The SMILES string of the molecule is O=C(c1cc(F)ccc1Cl)c1c([N+](=O)[O-])cc2oc(=O)[nH]c2c1Br. The summed E-state index contributed by atoms with van der Waals surface area (Å²) in [5, 5.41) is 11.2. The van der Waals surface area contributed by atoms with E-state index in [9.17, 15) is 24.1 Å². The fraction of sp³-hybridized carbons (Fsp3) is 0. The van der Waals surface area contributed by atoms with Crippen molar-refractivity contribution in [2.75, 3.05) is 0 Å². The van der Waals surface area contributed by atoms with Gasteiger partial charge in [0.25, 0.3) is 5.69 Å². The van der Waals surface area contributed by atoms with Crippen LogP contribution in [0.4, 0.5) is 10.1 Å². The number of hydrogen-bond donors (Lipinski definition) is 1. The van der Waals surface area contributed by atoms with Crippen LogP contribution in [-0.2, 0) is 0 Å². The molecule has 7 nitrogen and oxygen atoms in total. The Bertz CT molecular complexity index is 1070. The third-order valence-electron chi connectivity index (χ3n) is 3.24. The second-order valence-corrected chi connectivity index (χ2v) is 5.88. The van der Waals surface area contributed by atoms with Gasteiger partial charge >= 0.3 is 5.76 Å². The van der Waals surface area contributed by atoms with Crippen molar-refractivity contribution in [2.45, 2.75) is 0 Å². The van der Waals surface area contributed by atoms with Crippen molar-refractivity contribution < 1.29 is 18.5 Å². The van der Waals surface area contributed by atoms with Crippen LogP contribution < -0.4 is 5.76 Å². The quantitative estimate of drug-likeness (QED) is 0.398. The highest BCUT2D eigenvalue weighted by molar-refractivity contribution is 9.10. The van der Waals surface area contributed by atoms with E-state index in [2.05, 4.69) is 20.9 Å². The third kappa shape index (κ3) is 2.61. The minimum atomic E-state index is -0.873. The van der Waals surface area contributed by atoms with Gasteiger partial charge in [-0.15, -0.1) is 0 Å². The first-order valence-electron chi connectivity index (χ1n) is 6.29. The van der Waals surface area contributed by atoms with Crippen molar-refractivity contribution in [3.8, 4) is 0 Å². The average molecular weight is 416 g/mol. The molecule has 1 N–H and O–H groups in total. The van der Waals surface area contributed by atoms with Crippen molar-refractivity contribution in [2.24, 2.45) is 0 Å². The number of H-pyrrole nitrogens is 1. The number of oxazole rings is 1. The fourth-order valence-electron chi connectivity index (χ4n) is 2.20. The summed E-state index contributed by atoms with van der Waals surface area (Å²) < 4.78 is 18.1. The summed E-state index contributed by atoms with van der Waals surface area (Å²) in [6, 6.07) is 4.04. The van der Waals surface area contributed by atoms with Crippen molar-refractivity contribution in [3.63, 3.8) is 0 Å². The maximum atomic E-state index is 13.4. The second kappa shape index (κ2) is 5.84. The number of ketones is 1. The molecule has 0 bridgehead atoms. The zero-order chi connectivity index (χ0) is 17.6. The highest BCUT2D eigenvalue weighted by atomic mass is 79.9. The number of fused-ring (bicyclic) bond motifs is 1. The molecule has 10 heteroatoms. The molecule has 1 aromatic heterocycles. The molecule has 0 aliphatic rings. The number of halogens is 3. The Hall–Kier alpha value is -2.52. The van der Waals surface area contributed by atoms with Gasteiger partial charge in [0.1, 0.15) is 16.9 Å². The molecule has 0 saturated heterocycles. The molecule has 0 atom stereocenters. The number of nitrogens with one attached hydrogen (secondary N) is 1.